The van der Waals surface area contributed by atoms with Crippen molar-refractivity contribution in [2.45, 2.75) is 46.3 Å². The largest absolute Gasteiger partial charge is 0.496 e. The van der Waals surface area contributed by atoms with Gasteiger partial charge in [-0.15, -0.1) is 0 Å². The molecule has 0 fully saturated rings. The van der Waals surface area contributed by atoms with E-state index in [4.69, 9.17) is 9.47 Å². The van der Waals surface area contributed by atoms with Gasteiger partial charge in [0.2, 0.25) is 0 Å². The van der Waals surface area contributed by atoms with E-state index in [9.17, 15) is 4.79 Å². The summed E-state index contributed by atoms with van der Waals surface area (Å²) in [5.74, 6) is 1.41. The van der Waals surface area contributed by atoms with Crippen LogP contribution in [0.25, 0.3) is 0 Å². The molecule has 31 heavy (non-hydrogen) atoms. The number of carbonyl (C=O) groups excluding carboxylic acids is 1. The Morgan fingerprint density at radius 1 is 0.935 bits per heavy atom. The molecule has 4 nitrogen and oxygen atoms in total. The second-order valence-electron chi connectivity index (χ2n) is 8.73. The van der Waals surface area contributed by atoms with Crippen molar-refractivity contribution < 1.29 is 14.3 Å². The zero-order valence-corrected chi connectivity index (χ0v) is 19.0. The van der Waals surface area contributed by atoms with Crippen LogP contribution in [0.4, 0.5) is 0 Å². The number of rotatable bonds is 7. The average molecular weight is 418 g/mol. The predicted molar refractivity (Wildman–Crippen MR) is 125 cm³/mol. The Morgan fingerprint density at radius 2 is 1.65 bits per heavy atom. The highest BCUT2D eigenvalue weighted by molar-refractivity contribution is 5.94. The van der Waals surface area contributed by atoms with Gasteiger partial charge in [-0.05, 0) is 47.7 Å². The fraction of sp³-hybridized carbons (Fsp3) is 0.296. The minimum atomic E-state index is -0.125. The number of carbonyl (C=O) groups is 1. The number of para-hydroxylation sites is 1. The van der Waals surface area contributed by atoms with Gasteiger partial charge in [0, 0.05) is 17.7 Å². The van der Waals surface area contributed by atoms with Gasteiger partial charge in [0.15, 0.2) is 0 Å². The number of hydrogen-bond donors (Lipinski definition) is 1. The van der Waals surface area contributed by atoms with Crippen LogP contribution in [0.2, 0.25) is 0 Å². The van der Waals surface area contributed by atoms with E-state index >= 15 is 0 Å². The number of amides is 1. The first-order chi connectivity index (χ1) is 14.8. The van der Waals surface area contributed by atoms with Gasteiger partial charge in [-0.3, -0.25) is 4.79 Å². The van der Waals surface area contributed by atoms with Gasteiger partial charge in [-0.1, -0.05) is 68.8 Å². The number of nitrogens with one attached hydrogen (secondary N) is 1. The fourth-order valence-electron chi connectivity index (χ4n) is 3.39. The number of methoxy groups -OCH3 is 1. The second kappa shape index (κ2) is 9.69. The van der Waals surface area contributed by atoms with Gasteiger partial charge in [0.05, 0.1) is 7.11 Å². The molecule has 162 valence electrons. The van der Waals surface area contributed by atoms with Crippen molar-refractivity contribution in [2.75, 3.05) is 7.11 Å². The predicted octanol–water partition coefficient (Wildman–Crippen LogP) is 5.81. The molecule has 0 heterocycles. The van der Waals surface area contributed by atoms with Crippen molar-refractivity contribution in [1.82, 2.24) is 5.32 Å². The lowest BCUT2D eigenvalue weighted by atomic mass is 9.86. The van der Waals surface area contributed by atoms with Gasteiger partial charge in [-0.2, -0.15) is 0 Å². The molecule has 3 rings (SSSR count). The summed E-state index contributed by atoms with van der Waals surface area (Å²) in [5, 5.41) is 2.98. The second-order valence-corrected chi connectivity index (χ2v) is 8.73. The van der Waals surface area contributed by atoms with Crippen LogP contribution in [0.15, 0.2) is 66.7 Å². The molecule has 4 heteroatoms. The monoisotopic (exact) mass is 417 g/mol. The summed E-state index contributed by atoms with van der Waals surface area (Å²) in [6.45, 7) is 9.33. The lowest BCUT2D eigenvalue weighted by molar-refractivity contribution is 0.0950. The van der Waals surface area contributed by atoms with Gasteiger partial charge < -0.3 is 14.8 Å². The van der Waals surface area contributed by atoms with Crippen LogP contribution in [0, 0.1) is 6.92 Å². The summed E-state index contributed by atoms with van der Waals surface area (Å²) in [5.41, 5.74) is 4.78. The highest BCUT2D eigenvalue weighted by atomic mass is 16.5. The molecule has 1 amide bonds. The highest BCUT2D eigenvalue weighted by Gasteiger charge is 2.19. The minimum Gasteiger partial charge on any atom is -0.496 e. The summed E-state index contributed by atoms with van der Waals surface area (Å²) in [6, 6.07) is 21.6. The molecule has 0 spiro atoms. The molecular weight excluding hydrogens is 386 g/mol. The van der Waals surface area contributed by atoms with Crippen LogP contribution in [0.5, 0.6) is 11.5 Å². The van der Waals surface area contributed by atoms with E-state index in [0.29, 0.717) is 24.5 Å². The van der Waals surface area contributed by atoms with Crippen molar-refractivity contribution in [3.8, 4) is 11.5 Å². The third-order valence-electron chi connectivity index (χ3n) is 5.19. The van der Waals surface area contributed by atoms with E-state index in [1.54, 1.807) is 13.2 Å². The van der Waals surface area contributed by atoms with E-state index in [1.165, 1.54) is 5.56 Å². The van der Waals surface area contributed by atoms with Crippen LogP contribution in [0.3, 0.4) is 0 Å². The lowest BCUT2D eigenvalue weighted by Crippen LogP contribution is -2.23. The Bertz CT molecular complexity index is 1030. The van der Waals surface area contributed by atoms with E-state index in [1.807, 2.05) is 61.5 Å². The molecule has 0 aliphatic rings. The molecule has 0 saturated heterocycles. The number of benzene rings is 3. The smallest absolute Gasteiger partial charge is 0.251 e. The maximum Gasteiger partial charge on any atom is 0.251 e. The van der Waals surface area contributed by atoms with Crippen molar-refractivity contribution >= 4 is 5.91 Å². The van der Waals surface area contributed by atoms with Crippen molar-refractivity contribution in [1.29, 1.82) is 0 Å². The molecule has 0 bridgehead atoms. The Morgan fingerprint density at radius 3 is 2.32 bits per heavy atom. The molecule has 0 unspecified atom stereocenters. The molecule has 0 radical (unpaired) electrons. The Kier molecular flexibility index (Phi) is 7.01. The number of aryl methyl sites for hydroxylation is 1. The molecule has 0 atom stereocenters. The number of ether oxygens (including phenoxy) is 2. The summed E-state index contributed by atoms with van der Waals surface area (Å²) in [6.07, 6.45) is 0. The molecule has 3 aromatic rings. The number of hydrogen-bond acceptors (Lipinski definition) is 3. The van der Waals surface area contributed by atoms with Crippen molar-refractivity contribution in [3.05, 3.63) is 94.5 Å². The lowest BCUT2D eigenvalue weighted by Gasteiger charge is -2.23. The maximum atomic E-state index is 12.7. The minimum absolute atomic E-state index is 0.0294. The molecule has 0 saturated carbocycles. The van der Waals surface area contributed by atoms with E-state index in [-0.39, 0.29) is 11.3 Å². The molecule has 0 aromatic heterocycles. The van der Waals surface area contributed by atoms with Crippen molar-refractivity contribution in [3.63, 3.8) is 0 Å². The van der Waals surface area contributed by atoms with Gasteiger partial charge in [0.25, 0.3) is 5.91 Å². The van der Waals surface area contributed by atoms with Crippen LogP contribution in [0.1, 0.15) is 53.4 Å². The Balaban J connectivity index is 1.73. The maximum absolute atomic E-state index is 12.7. The summed E-state index contributed by atoms with van der Waals surface area (Å²) < 4.78 is 11.7. The first-order valence-corrected chi connectivity index (χ1v) is 10.5. The third kappa shape index (κ3) is 5.88. The first kappa shape index (κ1) is 22.4. The Labute approximate surface area is 185 Å². The van der Waals surface area contributed by atoms with E-state index in [2.05, 4.69) is 32.2 Å². The van der Waals surface area contributed by atoms with Gasteiger partial charge in [0.1, 0.15) is 18.1 Å². The standard InChI is InChI=1S/C27H31NO3/c1-19-10-12-20(13-11-19)17-28-26(29)21-14-15-24(30-5)22(16-21)18-31-25-9-7-6-8-23(25)27(2,3)4/h6-16H,17-18H2,1-5H3,(H,28,29). The zero-order chi connectivity index (χ0) is 22.4. The van der Waals surface area contributed by atoms with Crippen molar-refractivity contribution in [2.24, 2.45) is 0 Å². The molecule has 1 N–H and O–H groups in total. The molecule has 0 aliphatic carbocycles. The van der Waals surface area contributed by atoms with Crippen LogP contribution < -0.4 is 14.8 Å². The molecule has 0 aliphatic heterocycles. The summed E-state index contributed by atoms with van der Waals surface area (Å²) in [7, 11) is 1.62. The highest BCUT2D eigenvalue weighted by Crippen LogP contribution is 2.32. The van der Waals surface area contributed by atoms with Crippen LogP contribution in [-0.2, 0) is 18.6 Å². The Hall–Kier alpha value is -3.27. The first-order valence-electron chi connectivity index (χ1n) is 10.5. The molecular formula is C27H31NO3. The average Bonchev–Trinajstić information content (AvgIpc) is 2.76. The third-order valence-corrected chi connectivity index (χ3v) is 5.19. The summed E-state index contributed by atoms with van der Waals surface area (Å²) in [4.78, 5) is 12.7. The normalized spacial score (nSPS) is 11.1. The fourth-order valence-corrected chi connectivity index (χ4v) is 3.39. The molecule has 3 aromatic carbocycles. The summed E-state index contributed by atoms with van der Waals surface area (Å²) >= 11 is 0. The van der Waals surface area contributed by atoms with E-state index in [0.717, 1.165) is 22.4 Å². The quantitative estimate of drug-likeness (QED) is 0.528. The SMILES string of the molecule is COc1ccc(C(=O)NCc2ccc(C)cc2)cc1COc1ccccc1C(C)(C)C. The zero-order valence-electron chi connectivity index (χ0n) is 19.0. The van der Waals surface area contributed by atoms with Crippen LogP contribution >= 0.6 is 0 Å². The van der Waals surface area contributed by atoms with E-state index < -0.39 is 0 Å². The van der Waals surface area contributed by atoms with Gasteiger partial charge in [-0.25, -0.2) is 0 Å². The topological polar surface area (TPSA) is 47.6 Å². The van der Waals surface area contributed by atoms with Crippen LogP contribution in [-0.4, -0.2) is 13.0 Å². The van der Waals surface area contributed by atoms with Gasteiger partial charge >= 0.3 is 0 Å².